The van der Waals surface area contributed by atoms with Crippen LogP contribution in [0.5, 0.6) is 0 Å². The van der Waals surface area contributed by atoms with Gasteiger partial charge in [0.1, 0.15) is 5.92 Å². The van der Waals surface area contributed by atoms with Crippen LogP contribution in [0.1, 0.15) is 32.1 Å². The maximum atomic E-state index is 12.1. The number of carboxylic acids is 1. The topological polar surface area (TPSA) is 78.9 Å². The van der Waals surface area contributed by atoms with Crippen molar-refractivity contribution in [2.45, 2.75) is 44.2 Å². The summed E-state index contributed by atoms with van der Waals surface area (Å²) in [5.41, 5.74) is 0. The minimum absolute atomic E-state index is 0.182. The van der Waals surface area contributed by atoms with Gasteiger partial charge in [0.15, 0.2) is 0 Å². The Morgan fingerprint density at radius 3 is 2.53 bits per heavy atom. The fourth-order valence-electron chi connectivity index (χ4n) is 2.83. The Balaban J connectivity index is 1.88. The van der Waals surface area contributed by atoms with E-state index in [2.05, 4.69) is 5.32 Å². The van der Waals surface area contributed by atoms with Gasteiger partial charge < -0.3 is 20.1 Å². The molecule has 2 aliphatic rings. The van der Waals surface area contributed by atoms with Crippen LogP contribution in [0.3, 0.4) is 0 Å². The zero-order valence-corrected chi connectivity index (χ0v) is 11.3. The Kier molecular flexibility index (Phi) is 4.63. The summed E-state index contributed by atoms with van der Waals surface area (Å²) in [6.07, 6.45) is 5.57. The molecule has 0 bridgehead atoms. The first-order valence-corrected chi connectivity index (χ1v) is 6.93. The quantitative estimate of drug-likeness (QED) is 0.803. The van der Waals surface area contributed by atoms with Gasteiger partial charge >= 0.3 is 12.0 Å². The van der Waals surface area contributed by atoms with E-state index < -0.39 is 11.9 Å². The summed E-state index contributed by atoms with van der Waals surface area (Å²) in [5, 5.41) is 12.1. The SMILES string of the molecule is CN(C(=O)NC1CCCCC1)C1COCC1C(=O)O. The molecule has 0 aromatic rings. The number of carboxylic acid groups (broad SMARTS) is 1. The number of hydrogen-bond donors (Lipinski definition) is 2. The predicted molar refractivity (Wildman–Crippen MR) is 68.9 cm³/mol. The molecule has 108 valence electrons. The van der Waals surface area contributed by atoms with Gasteiger partial charge in [-0.3, -0.25) is 4.79 Å². The van der Waals surface area contributed by atoms with Crippen LogP contribution in [0.2, 0.25) is 0 Å². The largest absolute Gasteiger partial charge is 0.481 e. The first-order valence-electron chi connectivity index (χ1n) is 6.93. The number of hydrogen-bond acceptors (Lipinski definition) is 3. The van der Waals surface area contributed by atoms with E-state index >= 15 is 0 Å². The normalized spacial score (nSPS) is 28.1. The number of amides is 2. The molecule has 1 aliphatic heterocycles. The highest BCUT2D eigenvalue weighted by Crippen LogP contribution is 2.21. The van der Waals surface area contributed by atoms with Crippen LogP contribution in [0.4, 0.5) is 4.79 Å². The van der Waals surface area contributed by atoms with Gasteiger partial charge in [-0.25, -0.2) is 4.79 Å². The maximum absolute atomic E-state index is 12.1. The van der Waals surface area contributed by atoms with E-state index in [0.717, 1.165) is 25.7 Å². The minimum Gasteiger partial charge on any atom is -0.481 e. The van der Waals surface area contributed by atoms with E-state index in [0.29, 0.717) is 6.61 Å². The molecular weight excluding hydrogens is 248 g/mol. The lowest BCUT2D eigenvalue weighted by Gasteiger charge is -2.30. The summed E-state index contributed by atoms with van der Waals surface area (Å²) in [6.45, 7) is 0.479. The molecule has 1 heterocycles. The maximum Gasteiger partial charge on any atom is 0.317 e. The van der Waals surface area contributed by atoms with Crippen LogP contribution in [-0.4, -0.2) is 54.4 Å². The second-order valence-corrected chi connectivity index (χ2v) is 5.44. The molecule has 2 rings (SSSR count). The summed E-state index contributed by atoms with van der Waals surface area (Å²) >= 11 is 0. The molecule has 0 radical (unpaired) electrons. The smallest absolute Gasteiger partial charge is 0.317 e. The van der Waals surface area contributed by atoms with Gasteiger partial charge in [-0.1, -0.05) is 19.3 Å². The van der Waals surface area contributed by atoms with Crippen LogP contribution in [0.15, 0.2) is 0 Å². The molecule has 2 N–H and O–H groups in total. The molecule has 2 atom stereocenters. The van der Waals surface area contributed by atoms with Crippen molar-refractivity contribution in [3.05, 3.63) is 0 Å². The molecule has 0 aromatic carbocycles. The summed E-state index contributed by atoms with van der Waals surface area (Å²) in [6, 6.07) is -0.330. The average molecular weight is 270 g/mol. The third-order valence-corrected chi connectivity index (χ3v) is 4.12. The number of likely N-dealkylation sites (N-methyl/N-ethyl adjacent to an activating group) is 1. The van der Waals surface area contributed by atoms with Crippen molar-refractivity contribution >= 4 is 12.0 Å². The molecule has 19 heavy (non-hydrogen) atoms. The van der Waals surface area contributed by atoms with E-state index in [-0.39, 0.29) is 24.7 Å². The highest BCUT2D eigenvalue weighted by molar-refractivity contribution is 5.77. The van der Waals surface area contributed by atoms with Crippen molar-refractivity contribution in [3.63, 3.8) is 0 Å². The van der Waals surface area contributed by atoms with E-state index in [1.807, 2.05) is 0 Å². The fourth-order valence-corrected chi connectivity index (χ4v) is 2.83. The lowest BCUT2D eigenvalue weighted by molar-refractivity contribution is -0.142. The number of urea groups is 1. The van der Waals surface area contributed by atoms with Gasteiger partial charge in [0, 0.05) is 13.1 Å². The number of aliphatic carboxylic acids is 1. The van der Waals surface area contributed by atoms with Crippen molar-refractivity contribution in [1.82, 2.24) is 10.2 Å². The predicted octanol–water partition coefficient (Wildman–Crippen LogP) is 1.06. The molecule has 6 heteroatoms. The number of rotatable bonds is 3. The second-order valence-electron chi connectivity index (χ2n) is 5.44. The molecule has 2 unspecified atom stereocenters. The highest BCUT2D eigenvalue weighted by atomic mass is 16.5. The third-order valence-electron chi connectivity index (χ3n) is 4.12. The van der Waals surface area contributed by atoms with Crippen LogP contribution in [-0.2, 0) is 9.53 Å². The molecule has 6 nitrogen and oxygen atoms in total. The minimum atomic E-state index is -0.903. The molecule has 1 saturated carbocycles. The Labute approximate surface area is 113 Å². The van der Waals surface area contributed by atoms with Gasteiger partial charge in [-0.15, -0.1) is 0 Å². The summed E-state index contributed by atoms with van der Waals surface area (Å²) in [7, 11) is 1.65. The number of nitrogens with zero attached hydrogens (tertiary/aromatic N) is 1. The van der Waals surface area contributed by atoms with Gasteiger partial charge in [0.2, 0.25) is 0 Å². The Morgan fingerprint density at radius 2 is 1.89 bits per heavy atom. The number of carbonyl (C=O) groups excluding carboxylic acids is 1. The zero-order chi connectivity index (χ0) is 13.8. The molecule has 0 spiro atoms. The second kappa shape index (κ2) is 6.23. The molecule has 1 aliphatic carbocycles. The number of carbonyl (C=O) groups is 2. The summed E-state index contributed by atoms with van der Waals surface area (Å²) in [4.78, 5) is 24.7. The Morgan fingerprint density at radius 1 is 1.21 bits per heavy atom. The van der Waals surface area contributed by atoms with Crippen molar-refractivity contribution in [1.29, 1.82) is 0 Å². The van der Waals surface area contributed by atoms with E-state index in [9.17, 15) is 9.59 Å². The molecule has 2 fully saturated rings. The van der Waals surface area contributed by atoms with Gasteiger partial charge in [-0.2, -0.15) is 0 Å². The standard InChI is InChI=1S/C13H22N2O4/c1-15(11-8-19-7-10(11)12(16)17)13(18)14-9-5-3-2-4-6-9/h9-11H,2-8H2,1H3,(H,14,18)(H,16,17). The van der Waals surface area contributed by atoms with Crippen molar-refractivity contribution in [3.8, 4) is 0 Å². The first-order chi connectivity index (χ1) is 9.09. The van der Waals surface area contributed by atoms with E-state index in [1.54, 1.807) is 7.05 Å². The molecule has 0 aromatic heterocycles. The van der Waals surface area contributed by atoms with Gasteiger partial charge in [-0.05, 0) is 12.8 Å². The molecule has 2 amide bonds. The summed E-state index contributed by atoms with van der Waals surface area (Å²) in [5.74, 6) is -1.53. The average Bonchev–Trinajstić information content (AvgIpc) is 2.88. The van der Waals surface area contributed by atoms with Crippen LogP contribution in [0.25, 0.3) is 0 Å². The van der Waals surface area contributed by atoms with Gasteiger partial charge in [0.25, 0.3) is 0 Å². The van der Waals surface area contributed by atoms with E-state index in [4.69, 9.17) is 9.84 Å². The van der Waals surface area contributed by atoms with E-state index in [1.165, 1.54) is 11.3 Å². The molecule has 1 saturated heterocycles. The summed E-state index contributed by atoms with van der Waals surface area (Å²) < 4.78 is 5.19. The zero-order valence-electron chi connectivity index (χ0n) is 11.3. The lowest BCUT2D eigenvalue weighted by Crippen LogP contribution is -2.51. The first kappa shape index (κ1) is 14.1. The highest BCUT2D eigenvalue weighted by Gasteiger charge is 2.38. The van der Waals surface area contributed by atoms with Crippen LogP contribution >= 0.6 is 0 Å². The molecular formula is C13H22N2O4. The monoisotopic (exact) mass is 270 g/mol. The third kappa shape index (κ3) is 3.37. The fraction of sp³-hybridized carbons (Fsp3) is 0.846. The van der Waals surface area contributed by atoms with Crippen LogP contribution in [0, 0.1) is 5.92 Å². The lowest BCUT2D eigenvalue weighted by atomic mass is 9.95. The Hall–Kier alpha value is -1.30. The van der Waals surface area contributed by atoms with Gasteiger partial charge in [0.05, 0.1) is 19.3 Å². The Bertz CT molecular complexity index is 342. The van der Waals surface area contributed by atoms with Crippen LogP contribution < -0.4 is 5.32 Å². The number of ether oxygens (including phenoxy) is 1. The van der Waals surface area contributed by atoms with Crippen molar-refractivity contribution in [2.24, 2.45) is 5.92 Å². The van der Waals surface area contributed by atoms with Crippen molar-refractivity contribution in [2.75, 3.05) is 20.3 Å². The van der Waals surface area contributed by atoms with Crippen molar-refractivity contribution < 1.29 is 19.4 Å². The number of nitrogens with one attached hydrogen (secondary N) is 1.